The molecule has 0 spiro atoms. The number of amides is 2. The number of carbonyl (C=O) groups is 3. The van der Waals surface area contributed by atoms with Crippen molar-refractivity contribution in [2.75, 3.05) is 6.61 Å². The summed E-state index contributed by atoms with van der Waals surface area (Å²) in [6.07, 6.45) is -3.97. The summed E-state index contributed by atoms with van der Waals surface area (Å²) in [7, 11) is 0. The summed E-state index contributed by atoms with van der Waals surface area (Å²) < 4.78 is 41.2. The van der Waals surface area contributed by atoms with E-state index < -0.39 is 36.5 Å². The average Bonchev–Trinajstić information content (AvgIpc) is 3.46. The molecule has 2 atom stereocenters. The molecule has 0 bridgehead atoms. The molecule has 2 aliphatic rings. The molecule has 6 nitrogen and oxygen atoms in total. The summed E-state index contributed by atoms with van der Waals surface area (Å²) >= 11 is 0. The van der Waals surface area contributed by atoms with Gasteiger partial charge in [0.25, 0.3) is 11.8 Å². The van der Waals surface area contributed by atoms with Crippen molar-refractivity contribution in [1.29, 1.82) is 0 Å². The largest absolute Gasteiger partial charge is 0.484 e. The van der Waals surface area contributed by atoms with Gasteiger partial charge in [-0.2, -0.15) is 13.2 Å². The highest BCUT2D eigenvalue weighted by molar-refractivity contribution is 6.20. The molecule has 1 heterocycles. The second-order valence-electron chi connectivity index (χ2n) is 6.78. The van der Waals surface area contributed by atoms with E-state index >= 15 is 0 Å². The quantitative estimate of drug-likeness (QED) is 0.713. The summed E-state index contributed by atoms with van der Waals surface area (Å²) in [5.74, 6) is -2.76. The molecule has 29 heavy (non-hydrogen) atoms. The predicted molar refractivity (Wildman–Crippen MR) is 91.9 cm³/mol. The Morgan fingerprint density at radius 1 is 1.00 bits per heavy atom. The lowest BCUT2D eigenvalue weighted by atomic mass is 10.1. The van der Waals surface area contributed by atoms with Gasteiger partial charge >= 0.3 is 12.1 Å². The highest BCUT2D eigenvalue weighted by Crippen LogP contribution is 2.48. The Morgan fingerprint density at radius 3 is 2.14 bits per heavy atom. The van der Waals surface area contributed by atoms with E-state index in [1.165, 1.54) is 24.3 Å². The summed E-state index contributed by atoms with van der Waals surface area (Å²) in [5, 5.41) is 0.469. The number of halogens is 3. The van der Waals surface area contributed by atoms with E-state index in [1.807, 2.05) is 0 Å². The molecule has 0 N–H and O–H groups in total. The second-order valence-corrected chi connectivity index (χ2v) is 6.78. The van der Waals surface area contributed by atoms with Crippen molar-refractivity contribution in [2.24, 2.45) is 5.92 Å². The Balaban J connectivity index is 1.35. The van der Waals surface area contributed by atoms with Crippen LogP contribution in [0.1, 0.15) is 38.6 Å². The highest BCUT2D eigenvalue weighted by atomic mass is 19.4. The third kappa shape index (κ3) is 3.80. The zero-order valence-electron chi connectivity index (χ0n) is 14.8. The summed E-state index contributed by atoms with van der Waals surface area (Å²) in [4.78, 5) is 41.9. The van der Waals surface area contributed by atoms with Gasteiger partial charge in [-0.25, -0.2) is 4.79 Å². The van der Waals surface area contributed by atoms with Crippen LogP contribution in [0.15, 0.2) is 48.5 Å². The Morgan fingerprint density at radius 2 is 1.59 bits per heavy atom. The fourth-order valence-corrected chi connectivity index (χ4v) is 3.21. The summed E-state index contributed by atoms with van der Waals surface area (Å²) in [5.41, 5.74) is 1.08. The fourth-order valence-electron chi connectivity index (χ4n) is 3.21. The van der Waals surface area contributed by atoms with Crippen LogP contribution in [-0.4, -0.2) is 35.6 Å². The maximum atomic E-state index is 12.3. The molecular weight excluding hydrogens is 391 g/mol. The van der Waals surface area contributed by atoms with Gasteiger partial charge in [0.05, 0.1) is 17.0 Å². The number of hydroxylamine groups is 2. The van der Waals surface area contributed by atoms with Crippen LogP contribution in [0.3, 0.4) is 0 Å². The highest BCUT2D eigenvalue weighted by Gasteiger charge is 2.48. The Kier molecular flexibility index (Phi) is 4.52. The van der Waals surface area contributed by atoms with Gasteiger partial charge in [-0.1, -0.05) is 29.3 Å². The molecule has 4 rings (SSSR count). The number of imide groups is 1. The lowest BCUT2D eigenvalue weighted by Crippen LogP contribution is -2.33. The zero-order valence-corrected chi connectivity index (χ0v) is 14.8. The van der Waals surface area contributed by atoms with Crippen molar-refractivity contribution in [3.63, 3.8) is 0 Å². The lowest BCUT2D eigenvalue weighted by molar-refractivity contribution is -0.170. The first kappa shape index (κ1) is 19.0. The van der Waals surface area contributed by atoms with Gasteiger partial charge in [0.1, 0.15) is 5.75 Å². The first-order valence-corrected chi connectivity index (χ1v) is 8.74. The minimum Gasteiger partial charge on any atom is -0.484 e. The number of hydrogen-bond donors (Lipinski definition) is 0. The molecule has 2 aromatic carbocycles. The van der Waals surface area contributed by atoms with E-state index in [2.05, 4.69) is 4.74 Å². The van der Waals surface area contributed by atoms with Crippen molar-refractivity contribution in [2.45, 2.75) is 18.5 Å². The van der Waals surface area contributed by atoms with Crippen LogP contribution < -0.4 is 4.74 Å². The topological polar surface area (TPSA) is 72.9 Å². The number of hydrogen-bond acceptors (Lipinski definition) is 5. The van der Waals surface area contributed by atoms with Gasteiger partial charge in [0.15, 0.2) is 6.61 Å². The van der Waals surface area contributed by atoms with E-state index in [4.69, 9.17) is 4.84 Å². The first-order chi connectivity index (χ1) is 13.7. The Bertz CT molecular complexity index is 951. The van der Waals surface area contributed by atoms with Crippen molar-refractivity contribution in [3.8, 4) is 5.75 Å². The molecule has 1 fully saturated rings. The van der Waals surface area contributed by atoms with Gasteiger partial charge in [-0.15, -0.1) is 0 Å². The monoisotopic (exact) mass is 405 g/mol. The SMILES string of the molecule is O=C(ON1C(=O)c2ccccc2C1=O)C1CC1c1ccc(OCC(F)(F)F)cc1. The van der Waals surface area contributed by atoms with Crippen molar-refractivity contribution >= 4 is 17.8 Å². The number of alkyl halides is 3. The van der Waals surface area contributed by atoms with E-state index in [0.29, 0.717) is 11.5 Å². The van der Waals surface area contributed by atoms with Gasteiger partial charge in [-0.05, 0) is 42.2 Å². The molecule has 0 radical (unpaired) electrons. The number of fused-ring (bicyclic) bond motifs is 1. The van der Waals surface area contributed by atoms with Gasteiger partial charge in [-0.3, -0.25) is 9.59 Å². The van der Waals surface area contributed by atoms with Crippen LogP contribution in [0.4, 0.5) is 13.2 Å². The third-order valence-electron chi connectivity index (χ3n) is 4.74. The Hall–Kier alpha value is -3.36. The minimum atomic E-state index is -4.42. The minimum absolute atomic E-state index is 0.0666. The maximum Gasteiger partial charge on any atom is 0.422 e. The summed E-state index contributed by atoms with van der Waals surface area (Å²) in [6.45, 7) is -1.38. The van der Waals surface area contributed by atoms with Crippen LogP contribution in [0.2, 0.25) is 0 Å². The average molecular weight is 405 g/mol. The number of nitrogens with zero attached hydrogens (tertiary/aromatic N) is 1. The van der Waals surface area contributed by atoms with E-state index in [-0.39, 0.29) is 22.8 Å². The number of benzene rings is 2. The van der Waals surface area contributed by atoms with Crippen LogP contribution in [0, 0.1) is 5.92 Å². The summed E-state index contributed by atoms with van der Waals surface area (Å²) in [6, 6.07) is 12.1. The van der Waals surface area contributed by atoms with E-state index in [9.17, 15) is 27.6 Å². The van der Waals surface area contributed by atoms with Gasteiger partial charge in [0.2, 0.25) is 0 Å². The third-order valence-corrected chi connectivity index (χ3v) is 4.74. The smallest absolute Gasteiger partial charge is 0.422 e. The second kappa shape index (κ2) is 6.91. The molecule has 0 saturated heterocycles. The molecule has 0 aromatic heterocycles. The molecule has 2 amide bonds. The van der Waals surface area contributed by atoms with Crippen molar-refractivity contribution in [3.05, 3.63) is 65.2 Å². The van der Waals surface area contributed by atoms with Crippen molar-refractivity contribution < 1.29 is 37.1 Å². The van der Waals surface area contributed by atoms with Gasteiger partial charge in [0, 0.05) is 0 Å². The molecule has 2 unspecified atom stereocenters. The van der Waals surface area contributed by atoms with E-state index in [1.54, 1.807) is 24.3 Å². The maximum absolute atomic E-state index is 12.3. The molecule has 9 heteroatoms. The van der Waals surface area contributed by atoms with E-state index in [0.717, 1.165) is 5.56 Å². The molecule has 1 saturated carbocycles. The standard InChI is InChI=1S/C20H14F3NO5/c21-20(22,23)10-28-12-7-5-11(6-8-12)15-9-16(15)19(27)29-24-17(25)13-3-1-2-4-14(13)18(24)26/h1-8,15-16H,9-10H2. The fraction of sp³-hybridized carbons (Fsp3) is 0.250. The predicted octanol–water partition coefficient (Wildman–Crippen LogP) is 3.49. The van der Waals surface area contributed by atoms with Crippen LogP contribution >= 0.6 is 0 Å². The first-order valence-electron chi connectivity index (χ1n) is 8.74. The lowest BCUT2D eigenvalue weighted by Gasteiger charge is -2.12. The normalized spacial score (nSPS) is 20.4. The molecular formula is C20H14F3NO5. The number of rotatable bonds is 5. The number of carbonyl (C=O) groups excluding carboxylic acids is 3. The van der Waals surface area contributed by atoms with Crippen LogP contribution in [0.25, 0.3) is 0 Å². The molecule has 1 aliphatic carbocycles. The van der Waals surface area contributed by atoms with Crippen LogP contribution in [0.5, 0.6) is 5.75 Å². The molecule has 2 aromatic rings. The number of ether oxygens (including phenoxy) is 1. The van der Waals surface area contributed by atoms with Crippen molar-refractivity contribution in [1.82, 2.24) is 5.06 Å². The molecule has 150 valence electrons. The van der Waals surface area contributed by atoms with Gasteiger partial charge < -0.3 is 9.57 Å². The Labute approximate surface area is 162 Å². The molecule has 1 aliphatic heterocycles. The van der Waals surface area contributed by atoms with Crippen LogP contribution in [-0.2, 0) is 9.63 Å². The zero-order chi connectivity index (χ0) is 20.8.